The molecule has 1 aromatic carbocycles. The van der Waals surface area contributed by atoms with Gasteiger partial charge in [0.2, 0.25) is 7.37 Å². The third-order valence-electron chi connectivity index (χ3n) is 2.91. The molecular weight excluding hydrogens is 351 g/mol. The van der Waals surface area contributed by atoms with Crippen LogP contribution in [0.1, 0.15) is 32.8 Å². The van der Waals surface area contributed by atoms with Gasteiger partial charge in [-0.1, -0.05) is 46.3 Å². The first kappa shape index (κ1) is 18.9. The Balaban J connectivity index is 2.44. The van der Waals surface area contributed by atoms with Gasteiger partial charge in [0.25, 0.3) is 0 Å². The van der Waals surface area contributed by atoms with Crippen molar-refractivity contribution in [3.8, 4) is 0 Å². The number of hydrogen-bond donors (Lipinski definition) is 0. The van der Waals surface area contributed by atoms with Crippen LogP contribution in [0.4, 0.5) is 0 Å². The largest absolute Gasteiger partial charge is 0.376 e. The van der Waals surface area contributed by atoms with E-state index in [0.29, 0.717) is 30.9 Å². The van der Waals surface area contributed by atoms with Gasteiger partial charge in [-0.3, -0.25) is 4.57 Å². The monoisotopic (exact) mass is 376 g/mol. The lowest BCUT2D eigenvalue weighted by Gasteiger charge is -2.21. The molecule has 0 aliphatic rings. The van der Waals surface area contributed by atoms with E-state index in [1.807, 2.05) is 51.1 Å². The van der Waals surface area contributed by atoms with Crippen molar-refractivity contribution < 1.29 is 13.8 Å². The summed E-state index contributed by atoms with van der Waals surface area (Å²) in [7, 11) is -2.59. The van der Waals surface area contributed by atoms with Gasteiger partial charge in [-0.25, -0.2) is 0 Å². The predicted molar refractivity (Wildman–Crippen MR) is 92.7 cm³/mol. The van der Waals surface area contributed by atoms with E-state index < -0.39 is 7.37 Å². The van der Waals surface area contributed by atoms with Crippen molar-refractivity contribution in [1.29, 1.82) is 0 Å². The molecule has 0 heterocycles. The zero-order valence-electron chi connectivity index (χ0n) is 13.2. The van der Waals surface area contributed by atoms with E-state index in [1.165, 1.54) is 0 Å². The molecular formula is C16H26BrO3P. The van der Waals surface area contributed by atoms with E-state index in [2.05, 4.69) is 15.9 Å². The van der Waals surface area contributed by atoms with Gasteiger partial charge < -0.3 is 9.26 Å². The minimum Gasteiger partial charge on any atom is -0.376 e. The van der Waals surface area contributed by atoms with Gasteiger partial charge in [-0.15, -0.1) is 0 Å². The fourth-order valence-electron chi connectivity index (χ4n) is 1.82. The van der Waals surface area contributed by atoms with Gasteiger partial charge in [0, 0.05) is 24.3 Å². The summed E-state index contributed by atoms with van der Waals surface area (Å²) < 4.78 is 24.2. The van der Waals surface area contributed by atoms with Crippen molar-refractivity contribution in [2.45, 2.75) is 39.4 Å². The highest BCUT2D eigenvalue weighted by molar-refractivity contribution is 9.09. The molecule has 1 rings (SSSR count). The maximum Gasteiger partial charge on any atom is 0.204 e. The van der Waals surface area contributed by atoms with Crippen LogP contribution in [0.5, 0.6) is 0 Å². The Kier molecular flexibility index (Phi) is 8.18. The summed E-state index contributed by atoms with van der Waals surface area (Å²) in [6, 6.07) is 9.87. The van der Waals surface area contributed by atoms with Crippen molar-refractivity contribution in [1.82, 2.24) is 0 Å². The van der Waals surface area contributed by atoms with E-state index in [0.717, 1.165) is 12.0 Å². The molecule has 0 aliphatic carbocycles. The van der Waals surface area contributed by atoms with Gasteiger partial charge in [-0.2, -0.15) is 0 Å². The zero-order chi connectivity index (χ0) is 15.8. The SMILES string of the molecule is CC(C)(C)OCCCP(=O)(CCBr)OCc1ccccc1. The first-order valence-corrected chi connectivity index (χ1v) is 10.4. The number of halogens is 1. The number of alkyl halides is 1. The normalized spacial score (nSPS) is 14.9. The molecule has 0 bridgehead atoms. The quantitative estimate of drug-likeness (QED) is 0.342. The standard InChI is InChI=1S/C16H26BrO3P/c1-16(2,3)19-11-7-12-21(18,13-10-17)20-14-15-8-5-4-6-9-15/h4-6,8-9H,7,10-14H2,1-3H3. The first-order valence-electron chi connectivity index (χ1n) is 7.31. The summed E-state index contributed by atoms with van der Waals surface area (Å²) in [5, 5.41) is 0.694. The highest BCUT2D eigenvalue weighted by atomic mass is 79.9. The van der Waals surface area contributed by atoms with Crippen molar-refractivity contribution in [3.63, 3.8) is 0 Å². The Bertz CT molecular complexity index is 443. The third-order valence-corrected chi connectivity index (χ3v) is 6.42. The molecule has 0 radical (unpaired) electrons. The molecule has 1 atom stereocenters. The minimum atomic E-state index is -2.59. The Morgan fingerprint density at radius 1 is 1.14 bits per heavy atom. The predicted octanol–water partition coefficient (Wildman–Crippen LogP) is 5.08. The molecule has 0 saturated carbocycles. The molecule has 0 aliphatic heterocycles. The number of hydrogen-bond acceptors (Lipinski definition) is 3. The van der Waals surface area contributed by atoms with E-state index in [-0.39, 0.29) is 5.60 Å². The molecule has 3 nitrogen and oxygen atoms in total. The summed E-state index contributed by atoms with van der Waals surface area (Å²) in [5.74, 6) is 0. The van der Waals surface area contributed by atoms with E-state index >= 15 is 0 Å². The maximum atomic E-state index is 12.8. The van der Waals surface area contributed by atoms with Crippen LogP contribution in [0, 0.1) is 0 Å². The minimum absolute atomic E-state index is 0.149. The summed E-state index contributed by atoms with van der Waals surface area (Å²) in [6.07, 6.45) is 1.90. The molecule has 0 N–H and O–H groups in total. The lowest BCUT2D eigenvalue weighted by Crippen LogP contribution is -2.20. The number of ether oxygens (including phenoxy) is 1. The summed E-state index contributed by atoms with van der Waals surface area (Å²) >= 11 is 3.37. The summed E-state index contributed by atoms with van der Waals surface area (Å²) in [4.78, 5) is 0. The molecule has 1 unspecified atom stereocenters. The molecule has 0 amide bonds. The second-order valence-electron chi connectivity index (χ2n) is 6.02. The fourth-order valence-corrected chi connectivity index (χ4v) is 5.18. The lowest BCUT2D eigenvalue weighted by atomic mass is 10.2. The molecule has 0 fully saturated rings. The summed E-state index contributed by atoms with van der Waals surface area (Å²) in [6.45, 7) is 7.10. The molecule has 0 spiro atoms. The van der Waals surface area contributed by atoms with Crippen LogP contribution in [0.25, 0.3) is 0 Å². The first-order chi connectivity index (χ1) is 9.85. The fraction of sp³-hybridized carbons (Fsp3) is 0.625. The summed E-state index contributed by atoms with van der Waals surface area (Å²) in [5.41, 5.74) is 0.905. The Hall–Kier alpha value is -0.150. The molecule has 5 heteroatoms. The average Bonchev–Trinajstić information content (AvgIpc) is 2.42. The Labute approximate surface area is 137 Å². The van der Waals surface area contributed by atoms with E-state index in [9.17, 15) is 4.57 Å². The van der Waals surface area contributed by atoms with Crippen molar-refractivity contribution in [2.24, 2.45) is 0 Å². The van der Waals surface area contributed by atoms with Gasteiger partial charge in [0.05, 0.1) is 12.2 Å². The van der Waals surface area contributed by atoms with Crippen LogP contribution in [0.3, 0.4) is 0 Å². The molecule has 0 saturated heterocycles. The number of benzene rings is 1. The maximum absolute atomic E-state index is 12.8. The van der Waals surface area contributed by atoms with Crippen molar-refractivity contribution in [2.75, 3.05) is 24.3 Å². The average molecular weight is 377 g/mol. The van der Waals surface area contributed by atoms with E-state index in [1.54, 1.807) is 0 Å². The number of rotatable bonds is 9. The Morgan fingerprint density at radius 2 is 1.81 bits per heavy atom. The third kappa shape index (κ3) is 8.77. The van der Waals surface area contributed by atoms with Gasteiger partial charge in [0.1, 0.15) is 0 Å². The van der Waals surface area contributed by atoms with E-state index in [4.69, 9.17) is 9.26 Å². The molecule has 1 aromatic rings. The van der Waals surface area contributed by atoms with Gasteiger partial charge in [0.15, 0.2) is 0 Å². The molecule has 0 aromatic heterocycles. The second kappa shape index (κ2) is 9.09. The van der Waals surface area contributed by atoms with Gasteiger partial charge >= 0.3 is 0 Å². The topological polar surface area (TPSA) is 35.5 Å². The van der Waals surface area contributed by atoms with Crippen molar-refractivity contribution in [3.05, 3.63) is 35.9 Å². The smallest absolute Gasteiger partial charge is 0.204 e. The molecule has 21 heavy (non-hydrogen) atoms. The van der Waals surface area contributed by atoms with Crippen LogP contribution < -0.4 is 0 Å². The highest BCUT2D eigenvalue weighted by Crippen LogP contribution is 2.48. The second-order valence-corrected chi connectivity index (χ2v) is 9.60. The zero-order valence-corrected chi connectivity index (χ0v) is 15.7. The Morgan fingerprint density at radius 3 is 2.38 bits per heavy atom. The highest BCUT2D eigenvalue weighted by Gasteiger charge is 2.22. The van der Waals surface area contributed by atoms with Crippen LogP contribution in [0.15, 0.2) is 30.3 Å². The lowest BCUT2D eigenvalue weighted by molar-refractivity contribution is -0.00234. The van der Waals surface area contributed by atoms with Crippen LogP contribution in [-0.4, -0.2) is 29.9 Å². The van der Waals surface area contributed by atoms with Crippen molar-refractivity contribution >= 4 is 23.3 Å². The molecule has 120 valence electrons. The van der Waals surface area contributed by atoms with Gasteiger partial charge in [-0.05, 0) is 32.8 Å². The van der Waals surface area contributed by atoms with Crippen LogP contribution >= 0.6 is 23.3 Å². The van der Waals surface area contributed by atoms with Crippen LogP contribution in [0.2, 0.25) is 0 Å². The van der Waals surface area contributed by atoms with Crippen LogP contribution in [-0.2, 0) is 20.4 Å².